The monoisotopic (exact) mass is 263 g/mol. The molecule has 0 bridgehead atoms. The number of nitrogens with one attached hydrogen (secondary N) is 1. The Labute approximate surface area is 113 Å². The van der Waals surface area contributed by atoms with Gasteiger partial charge in [-0.2, -0.15) is 0 Å². The van der Waals surface area contributed by atoms with Crippen LogP contribution in [0.3, 0.4) is 0 Å². The molecule has 5 nitrogen and oxygen atoms in total. The zero-order valence-electron chi connectivity index (χ0n) is 11.5. The van der Waals surface area contributed by atoms with Crippen LogP contribution in [-0.4, -0.2) is 45.6 Å². The third-order valence-electron chi connectivity index (χ3n) is 3.24. The number of aliphatic carboxylic acids is 1. The van der Waals surface area contributed by atoms with Crippen LogP contribution in [0.5, 0.6) is 0 Å². The molecular weight excluding hydrogens is 242 g/mol. The fourth-order valence-corrected chi connectivity index (χ4v) is 2.78. The molecule has 0 aliphatic carbocycles. The van der Waals surface area contributed by atoms with Gasteiger partial charge in [0, 0.05) is 43.6 Å². The van der Waals surface area contributed by atoms with Crippen molar-refractivity contribution in [1.29, 1.82) is 0 Å². The molecule has 0 spiro atoms. The number of carboxylic acids is 1. The summed E-state index contributed by atoms with van der Waals surface area (Å²) in [4.78, 5) is 17.3. The van der Waals surface area contributed by atoms with Crippen molar-refractivity contribution in [2.75, 3.05) is 13.1 Å². The zero-order chi connectivity index (χ0) is 13.9. The molecular formula is C14H21N3O2. The molecule has 0 aromatic carbocycles. The number of nitrogens with zero attached hydrogens (tertiary/aromatic N) is 2. The Bertz CT molecular complexity index is 434. The largest absolute Gasteiger partial charge is 0.481 e. The Kier molecular flexibility index (Phi) is 4.17. The van der Waals surface area contributed by atoms with Gasteiger partial charge in [-0.25, -0.2) is 0 Å². The molecule has 1 aromatic rings. The van der Waals surface area contributed by atoms with Crippen LogP contribution in [0.4, 0.5) is 0 Å². The molecule has 1 atom stereocenters. The number of aromatic nitrogens is 1. The van der Waals surface area contributed by atoms with Gasteiger partial charge in [0.2, 0.25) is 0 Å². The summed E-state index contributed by atoms with van der Waals surface area (Å²) >= 11 is 0. The number of pyridine rings is 1. The molecule has 1 aliphatic heterocycles. The first-order valence-electron chi connectivity index (χ1n) is 6.55. The van der Waals surface area contributed by atoms with E-state index in [1.807, 2.05) is 18.3 Å². The first-order valence-corrected chi connectivity index (χ1v) is 6.55. The quantitative estimate of drug-likeness (QED) is 0.852. The van der Waals surface area contributed by atoms with Crippen molar-refractivity contribution in [3.05, 3.63) is 30.1 Å². The highest BCUT2D eigenvalue weighted by Crippen LogP contribution is 2.17. The molecule has 1 saturated heterocycles. The van der Waals surface area contributed by atoms with E-state index in [4.69, 9.17) is 5.11 Å². The van der Waals surface area contributed by atoms with Crippen molar-refractivity contribution in [3.8, 4) is 0 Å². The zero-order valence-corrected chi connectivity index (χ0v) is 11.5. The minimum absolute atomic E-state index is 0.00192. The molecule has 5 heteroatoms. The van der Waals surface area contributed by atoms with Crippen LogP contribution < -0.4 is 5.32 Å². The SMILES string of the molecule is CC1(C)CN(Cc2cccnc2)CC(CC(=O)O)N1. The van der Waals surface area contributed by atoms with Gasteiger partial charge in [-0.05, 0) is 25.5 Å². The minimum Gasteiger partial charge on any atom is -0.481 e. The number of carboxylic acid groups (broad SMARTS) is 1. The third kappa shape index (κ3) is 4.29. The van der Waals surface area contributed by atoms with Gasteiger partial charge < -0.3 is 10.4 Å². The Balaban J connectivity index is 2.01. The molecule has 2 N–H and O–H groups in total. The van der Waals surface area contributed by atoms with E-state index in [0.717, 1.165) is 25.2 Å². The van der Waals surface area contributed by atoms with Gasteiger partial charge >= 0.3 is 5.97 Å². The van der Waals surface area contributed by atoms with E-state index in [0.29, 0.717) is 0 Å². The molecule has 1 aliphatic rings. The molecule has 1 unspecified atom stereocenters. The lowest BCUT2D eigenvalue weighted by Crippen LogP contribution is -2.62. The highest BCUT2D eigenvalue weighted by molar-refractivity contribution is 5.67. The summed E-state index contributed by atoms with van der Waals surface area (Å²) in [5, 5.41) is 12.3. The van der Waals surface area contributed by atoms with Gasteiger partial charge in [-0.1, -0.05) is 6.07 Å². The molecule has 0 radical (unpaired) electrons. The summed E-state index contributed by atoms with van der Waals surface area (Å²) in [7, 11) is 0. The van der Waals surface area contributed by atoms with E-state index in [9.17, 15) is 4.79 Å². The van der Waals surface area contributed by atoms with Crippen molar-refractivity contribution in [3.63, 3.8) is 0 Å². The first-order chi connectivity index (χ1) is 8.94. The van der Waals surface area contributed by atoms with Crippen LogP contribution in [-0.2, 0) is 11.3 Å². The predicted octanol–water partition coefficient (Wildman–Crippen LogP) is 1.11. The molecule has 0 amide bonds. The summed E-state index contributed by atoms with van der Waals surface area (Å²) < 4.78 is 0. The van der Waals surface area contributed by atoms with Crippen molar-refractivity contribution in [2.45, 2.75) is 38.4 Å². The second-order valence-electron chi connectivity index (χ2n) is 5.85. The number of rotatable bonds is 4. The number of piperazine rings is 1. The number of hydrogen-bond donors (Lipinski definition) is 2. The molecule has 2 heterocycles. The molecule has 2 rings (SSSR count). The average molecular weight is 263 g/mol. The fraction of sp³-hybridized carbons (Fsp3) is 0.571. The summed E-state index contributed by atoms with van der Waals surface area (Å²) in [5.41, 5.74) is 1.09. The lowest BCUT2D eigenvalue weighted by molar-refractivity contribution is -0.138. The highest BCUT2D eigenvalue weighted by Gasteiger charge is 2.32. The summed E-state index contributed by atoms with van der Waals surface area (Å²) in [6, 6.07) is 3.98. The van der Waals surface area contributed by atoms with Crippen LogP contribution in [0.2, 0.25) is 0 Å². The molecule has 19 heavy (non-hydrogen) atoms. The van der Waals surface area contributed by atoms with E-state index in [2.05, 4.69) is 29.0 Å². The van der Waals surface area contributed by atoms with E-state index in [-0.39, 0.29) is 18.0 Å². The summed E-state index contributed by atoms with van der Waals surface area (Å²) in [6.45, 7) is 6.69. The first kappa shape index (κ1) is 14.0. The third-order valence-corrected chi connectivity index (χ3v) is 3.24. The van der Waals surface area contributed by atoms with Crippen LogP contribution >= 0.6 is 0 Å². The van der Waals surface area contributed by atoms with Crippen LogP contribution in [0.25, 0.3) is 0 Å². The van der Waals surface area contributed by atoms with E-state index >= 15 is 0 Å². The predicted molar refractivity (Wildman–Crippen MR) is 72.8 cm³/mol. The maximum absolute atomic E-state index is 10.9. The Morgan fingerprint density at radius 3 is 3.05 bits per heavy atom. The van der Waals surface area contributed by atoms with Gasteiger partial charge in [0.1, 0.15) is 0 Å². The fourth-order valence-electron chi connectivity index (χ4n) is 2.78. The van der Waals surface area contributed by atoms with Gasteiger partial charge in [-0.15, -0.1) is 0 Å². The van der Waals surface area contributed by atoms with Crippen LogP contribution in [0.15, 0.2) is 24.5 Å². The number of carbonyl (C=O) groups is 1. The van der Waals surface area contributed by atoms with Crippen LogP contribution in [0.1, 0.15) is 25.8 Å². The summed E-state index contributed by atoms with van der Waals surface area (Å²) in [6.07, 6.45) is 3.78. The van der Waals surface area contributed by atoms with Crippen molar-refractivity contribution < 1.29 is 9.90 Å². The lowest BCUT2D eigenvalue weighted by Gasteiger charge is -2.43. The van der Waals surface area contributed by atoms with Crippen molar-refractivity contribution in [1.82, 2.24) is 15.2 Å². The standard InChI is InChI=1S/C14H21N3O2/c1-14(2)10-17(8-11-4-3-5-15-7-11)9-12(16-14)6-13(18)19/h3-5,7,12,16H,6,8-10H2,1-2H3,(H,18,19). The van der Waals surface area contributed by atoms with Gasteiger partial charge in [0.15, 0.2) is 0 Å². The summed E-state index contributed by atoms with van der Waals surface area (Å²) in [5.74, 6) is -0.753. The number of hydrogen-bond acceptors (Lipinski definition) is 4. The van der Waals surface area contributed by atoms with E-state index in [1.165, 1.54) is 0 Å². The Hall–Kier alpha value is -1.46. The minimum atomic E-state index is -0.753. The lowest BCUT2D eigenvalue weighted by atomic mass is 9.96. The Morgan fingerprint density at radius 2 is 2.42 bits per heavy atom. The second kappa shape index (κ2) is 5.67. The molecule has 1 fully saturated rings. The van der Waals surface area contributed by atoms with E-state index in [1.54, 1.807) is 6.20 Å². The van der Waals surface area contributed by atoms with Gasteiger partial charge in [0.25, 0.3) is 0 Å². The van der Waals surface area contributed by atoms with Gasteiger partial charge in [-0.3, -0.25) is 14.7 Å². The molecule has 0 saturated carbocycles. The Morgan fingerprint density at radius 1 is 1.63 bits per heavy atom. The van der Waals surface area contributed by atoms with Crippen molar-refractivity contribution >= 4 is 5.97 Å². The highest BCUT2D eigenvalue weighted by atomic mass is 16.4. The van der Waals surface area contributed by atoms with Gasteiger partial charge in [0.05, 0.1) is 6.42 Å². The topological polar surface area (TPSA) is 65.5 Å². The molecule has 1 aromatic heterocycles. The normalized spacial score (nSPS) is 23.2. The molecule has 104 valence electrons. The van der Waals surface area contributed by atoms with Crippen molar-refractivity contribution in [2.24, 2.45) is 0 Å². The van der Waals surface area contributed by atoms with E-state index < -0.39 is 5.97 Å². The second-order valence-corrected chi connectivity index (χ2v) is 5.85. The van der Waals surface area contributed by atoms with Crippen LogP contribution in [0, 0.1) is 0 Å². The maximum Gasteiger partial charge on any atom is 0.304 e. The average Bonchev–Trinajstić information content (AvgIpc) is 2.26. The smallest absolute Gasteiger partial charge is 0.304 e. The maximum atomic E-state index is 10.9.